The zero-order valence-corrected chi connectivity index (χ0v) is 11.4. The zero-order valence-electron chi connectivity index (χ0n) is 10.7. The van der Waals surface area contributed by atoms with Crippen molar-refractivity contribution in [3.05, 3.63) is 52.5 Å². The fourth-order valence-corrected chi connectivity index (χ4v) is 2.66. The molecular formula is C16H14ClNO. The minimum Gasteiger partial charge on any atom is -0.326 e. The summed E-state index contributed by atoms with van der Waals surface area (Å²) in [6, 6.07) is 12.1. The van der Waals surface area contributed by atoms with Gasteiger partial charge in [0.1, 0.15) is 0 Å². The molecule has 0 atom stereocenters. The van der Waals surface area contributed by atoms with Crippen LogP contribution in [0.15, 0.2) is 36.4 Å². The lowest BCUT2D eigenvalue weighted by Gasteiger charge is -2.18. The first-order chi connectivity index (χ1) is 9.15. The van der Waals surface area contributed by atoms with E-state index < -0.39 is 0 Å². The highest BCUT2D eigenvalue weighted by atomic mass is 35.5. The molecular weight excluding hydrogens is 258 g/mol. The predicted molar refractivity (Wildman–Crippen MR) is 78.6 cm³/mol. The number of nitrogens with one attached hydrogen (secondary N) is 1. The van der Waals surface area contributed by atoms with Crippen LogP contribution in [0.5, 0.6) is 0 Å². The molecule has 0 spiro atoms. The van der Waals surface area contributed by atoms with Crippen LogP contribution in [-0.2, 0) is 11.2 Å². The number of halogens is 1. The summed E-state index contributed by atoms with van der Waals surface area (Å²) in [5.41, 5.74) is 5.31. The van der Waals surface area contributed by atoms with Crippen LogP contribution in [0, 0.1) is 6.92 Å². The Morgan fingerprint density at radius 3 is 2.84 bits per heavy atom. The third-order valence-electron chi connectivity index (χ3n) is 3.50. The highest BCUT2D eigenvalue weighted by Crippen LogP contribution is 2.33. The van der Waals surface area contributed by atoms with Crippen molar-refractivity contribution in [2.24, 2.45) is 0 Å². The van der Waals surface area contributed by atoms with Crippen LogP contribution >= 0.6 is 11.6 Å². The molecule has 0 aromatic heterocycles. The molecule has 0 saturated heterocycles. The monoisotopic (exact) mass is 271 g/mol. The molecule has 3 rings (SSSR count). The lowest BCUT2D eigenvalue weighted by Crippen LogP contribution is -2.18. The van der Waals surface area contributed by atoms with E-state index in [0.29, 0.717) is 6.42 Å². The first kappa shape index (κ1) is 12.2. The topological polar surface area (TPSA) is 29.1 Å². The van der Waals surface area contributed by atoms with Gasteiger partial charge in [-0.1, -0.05) is 35.9 Å². The molecule has 2 nitrogen and oxygen atoms in total. The molecule has 1 aliphatic rings. The van der Waals surface area contributed by atoms with Crippen molar-refractivity contribution in [2.45, 2.75) is 19.8 Å². The smallest absolute Gasteiger partial charge is 0.224 e. The predicted octanol–water partition coefficient (Wildman–Crippen LogP) is 4.20. The second kappa shape index (κ2) is 4.71. The molecule has 1 heterocycles. The van der Waals surface area contributed by atoms with E-state index in [9.17, 15) is 4.79 Å². The molecule has 1 N–H and O–H groups in total. The summed E-state index contributed by atoms with van der Waals surface area (Å²) in [6.45, 7) is 2.00. The number of carbonyl (C=O) groups excluding carboxylic acids is 1. The largest absolute Gasteiger partial charge is 0.326 e. The van der Waals surface area contributed by atoms with Gasteiger partial charge in [0.05, 0.1) is 5.02 Å². The summed E-state index contributed by atoms with van der Waals surface area (Å²) in [7, 11) is 0. The first-order valence-electron chi connectivity index (χ1n) is 6.33. The molecule has 3 heteroatoms. The maximum atomic E-state index is 11.3. The van der Waals surface area contributed by atoms with E-state index in [4.69, 9.17) is 11.6 Å². The van der Waals surface area contributed by atoms with Crippen molar-refractivity contribution < 1.29 is 4.79 Å². The first-order valence-corrected chi connectivity index (χ1v) is 6.71. The van der Waals surface area contributed by atoms with Gasteiger partial charge in [-0.05, 0) is 42.2 Å². The van der Waals surface area contributed by atoms with Gasteiger partial charge >= 0.3 is 0 Å². The second-order valence-corrected chi connectivity index (χ2v) is 5.23. The van der Waals surface area contributed by atoms with Crippen LogP contribution in [0.2, 0.25) is 5.02 Å². The molecule has 96 valence electrons. The van der Waals surface area contributed by atoms with E-state index in [1.54, 1.807) is 0 Å². The third-order valence-corrected chi connectivity index (χ3v) is 4.01. The summed E-state index contributed by atoms with van der Waals surface area (Å²) < 4.78 is 0. The summed E-state index contributed by atoms with van der Waals surface area (Å²) in [5.74, 6) is 0.0915. The number of amides is 1. The Hall–Kier alpha value is -1.80. The summed E-state index contributed by atoms with van der Waals surface area (Å²) in [4.78, 5) is 11.3. The molecule has 0 unspecified atom stereocenters. The number of aryl methyl sites for hydroxylation is 2. The van der Waals surface area contributed by atoms with E-state index in [2.05, 4.69) is 11.4 Å². The van der Waals surface area contributed by atoms with Crippen molar-refractivity contribution >= 4 is 23.2 Å². The Kier molecular flexibility index (Phi) is 3.03. The Morgan fingerprint density at radius 1 is 1.16 bits per heavy atom. The van der Waals surface area contributed by atoms with E-state index in [0.717, 1.165) is 33.8 Å². The summed E-state index contributed by atoms with van der Waals surface area (Å²) in [5, 5.41) is 3.69. The third kappa shape index (κ3) is 2.24. The van der Waals surface area contributed by atoms with Crippen LogP contribution in [0.4, 0.5) is 5.69 Å². The molecule has 0 fully saturated rings. The van der Waals surface area contributed by atoms with Gasteiger partial charge in [-0.2, -0.15) is 0 Å². The highest BCUT2D eigenvalue weighted by molar-refractivity contribution is 6.34. The van der Waals surface area contributed by atoms with Crippen molar-refractivity contribution in [3.8, 4) is 11.1 Å². The van der Waals surface area contributed by atoms with Gasteiger partial charge in [-0.15, -0.1) is 0 Å². The van der Waals surface area contributed by atoms with Crippen molar-refractivity contribution in [2.75, 3.05) is 5.32 Å². The number of rotatable bonds is 1. The van der Waals surface area contributed by atoms with Gasteiger partial charge < -0.3 is 5.32 Å². The summed E-state index contributed by atoms with van der Waals surface area (Å²) >= 11 is 6.36. The molecule has 19 heavy (non-hydrogen) atoms. The average molecular weight is 272 g/mol. The van der Waals surface area contributed by atoms with E-state index in [-0.39, 0.29) is 5.91 Å². The van der Waals surface area contributed by atoms with Gasteiger partial charge in [0.2, 0.25) is 5.91 Å². The van der Waals surface area contributed by atoms with Crippen LogP contribution in [0.1, 0.15) is 17.5 Å². The number of carbonyl (C=O) groups is 1. The van der Waals surface area contributed by atoms with Gasteiger partial charge in [-0.25, -0.2) is 0 Å². The quantitative estimate of drug-likeness (QED) is 0.827. The number of hydrogen-bond acceptors (Lipinski definition) is 1. The van der Waals surface area contributed by atoms with Crippen LogP contribution in [0.25, 0.3) is 11.1 Å². The fraction of sp³-hybridized carbons (Fsp3) is 0.188. The van der Waals surface area contributed by atoms with Crippen molar-refractivity contribution in [1.29, 1.82) is 0 Å². The molecule has 1 amide bonds. The molecule has 0 bridgehead atoms. The van der Waals surface area contributed by atoms with Gasteiger partial charge in [0, 0.05) is 17.7 Å². The summed E-state index contributed by atoms with van der Waals surface area (Å²) in [6.07, 6.45) is 1.34. The maximum absolute atomic E-state index is 11.3. The Labute approximate surface area is 117 Å². The van der Waals surface area contributed by atoms with E-state index in [1.165, 1.54) is 5.56 Å². The number of benzene rings is 2. The number of hydrogen-bond donors (Lipinski definition) is 1. The lowest BCUT2D eigenvalue weighted by molar-refractivity contribution is -0.116. The highest BCUT2D eigenvalue weighted by Gasteiger charge is 2.15. The van der Waals surface area contributed by atoms with Crippen molar-refractivity contribution in [1.82, 2.24) is 0 Å². The minimum absolute atomic E-state index is 0.0915. The minimum atomic E-state index is 0.0915. The Bertz CT molecular complexity index is 664. The standard InChI is InChI=1S/C16H14ClNO/c1-10-3-2-4-13(16(10)17)11-5-7-14-12(9-11)6-8-15(19)18-14/h2-5,7,9H,6,8H2,1H3,(H,18,19). The van der Waals surface area contributed by atoms with Crippen LogP contribution in [0.3, 0.4) is 0 Å². The molecule has 2 aromatic carbocycles. The normalized spacial score (nSPS) is 13.9. The van der Waals surface area contributed by atoms with Gasteiger partial charge in [-0.3, -0.25) is 4.79 Å². The molecule has 0 radical (unpaired) electrons. The molecule has 1 aliphatic heterocycles. The molecule has 0 saturated carbocycles. The van der Waals surface area contributed by atoms with E-state index in [1.807, 2.05) is 37.3 Å². The Balaban J connectivity index is 2.07. The number of fused-ring (bicyclic) bond motifs is 1. The molecule has 0 aliphatic carbocycles. The SMILES string of the molecule is Cc1cccc(-c2ccc3c(c2)CCC(=O)N3)c1Cl. The zero-order chi connectivity index (χ0) is 13.4. The van der Waals surface area contributed by atoms with Crippen molar-refractivity contribution in [3.63, 3.8) is 0 Å². The second-order valence-electron chi connectivity index (χ2n) is 4.86. The fourth-order valence-electron chi connectivity index (χ4n) is 2.42. The van der Waals surface area contributed by atoms with Gasteiger partial charge in [0.25, 0.3) is 0 Å². The Morgan fingerprint density at radius 2 is 2.00 bits per heavy atom. The molecule has 2 aromatic rings. The average Bonchev–Trinajstić information content (AvgIpc) is 2.41. The maximum Gasteiger partial charge on any atom is 0.224 e. The van der Waals surface area contributed by atoms with E-state index >= 15 is 0 Å². The lowest BCUT2D eigenvalue weighted by atomic mass is 9.96. The number of anilines is 1. The van der Waals surface area contributed by atoms with Crippen LogP contribution < -0.4 is 5.32 Å². The van der Waals surface area contributed by atoms with Gasteiger partial charge in [0.15, 0.2) is 0 Å². The van der Waals surface area contributed by atoms with Crippen LogP contribution in [-0.4, -0.2) is 5.91 Å².